The molecule has 2 rings (SSSR count). The zero-order valence-electron chi connectivity index (χ0n) is 11.6. The molecular weight excluding hydrogens is 218 g/mol. The first kappa shape index (κ1) is 13.1. The minimum absolute atomic E-state index is 0.424. The molecule has 96 valence electrons. The van der Waals surface area contributed by atoms with Crippen molar-refractivity contribution in [3.05, 3.63) is 48.0 Å². The maximum atomic E-state index is 3.59. The van der Waals surface area contributed by atoms with E-state index in [1.165, 1.54) is 22.8 Å². The lowest BCUT2D eigenvalue weighted by Crippen LogP contribution is -2.20. The molecule has 0 fully saturated rings. The van der Waals surface area contributed by atoms with Crippen LogP contribution in [-0.2, 0) is 0 Å². The molecule has 2 aromatic rings. The standard InChI is InChI=1S/C17H23N/c1-13(2)10-11-18-14(3)16-9-8-15-6-4-5-7-17(15)12-16/h4-9,12-14,18H,10-11H2,1-3H3/t14-/m0/s1. The molecule has 0 saturated carbocycles. The van der Waals surface area contributed by atoms with E-state index in [2.05, 4.69) is 68.6 Å². The van der Waals surface area contributed by atoms with Crippen LogP contribution in [0.25, 0.3) is 10.8 Å². The summed E-state index contributed by atoms with van der Waals surface area (Å²) in [4.78, 5) is 0. The number of nitrogens with one attached hydrogen (secondary N) is 1. The van der Waals surface area contributed by atoms with Crippen molar-refractivity contribution in [3.63, 3.8) is 0 Å². The Bertz CT molecular complexity index is 502. The van der Waals surface area contributed by atoms with E-state index in [1.54, 1.807) is 0 Å². The fourth-order valence-corrected chi connectivity index (χ4v) is 2.18. The van der Waals surface area contributed by atoms with Gasteiger partial charge in [-0.3, -0.25) is 0 Å². The summed E-state index contributed by atoms with van der Waals surface area (Å²) in [7, 11) is 0. The van der Waals surface area contributed by atoms with E-state index < -0.39 is 0 Å². The lowest BCUT2D eigenvalue weighted by molar-refractivity contribution is 0.497. The molecule has 0 aromatic heterocycles. The predicted octanol–water partition coefficient (Wildman–Crippen LogP) is 4.54. The van der Waals surface area contributed by atoms with Gasteiger partial charge in [0, 0.05) is 6.04 Å². The van der Waals surface area contributed by atoms with Crippen LogP contribution in [0.15, 0.2) is 42.5 Å². The smallest absolute Gasteiger partial charge is 0.0292 e. The third-order valence-corrected chi connectivity index (χ3v) is 3.45. The summed E-state index contributed by atoms with van der Waals surface area (Å²) >= 11 is 0. The Kier molecular flexibility index (Phi) is 4.38. The molecule has 0 heterocycles. The van der Waals surface area contributed by atoms with Crippen molar-refractivity contribution in [3.8, 4) is 0 Å². The van der Waals surface area contributed by atoms with E-state index in [9.17, 15) is 0 Å². The van der Waals surface area contributed by atoms with Crippen LogP contribution in [0.1, 0.15) is 38.8 Å². The van der Waals surface area contributed by atoms with Crippen LogP contribution in [0.4, 0.5) is 0 Å². The number of hydrogen-bond acceptors (Lipinski definition) is 1. The molecule has 0 aliphatic heterocycles. The van der Waals surface area contributed by atoms with Crippen LogP contribution in [0.3, 0.4) is 0 Å². The van der Waals surface area contributed by atoms with Gasteiger partial charge in [0.2, 0.25) is 0 Å². The highest BCUT2D eigenvalue weighted by Gasteiger charge is 2.05. The SMILES string of the molecule is CC(C)CCN[C@@H](C)c1ccc2ccccc2c1. The Labute approximate surface area is 110 Å². The van der Waals surface area contributed by atoms with E-state index >= 15 is 0 Å². The summed E-state index contributed by atoms with van der Waals surface area (Å²) in [5, 5.41) is 6.24. The van der Waals surface area contributed by atoms with Gasteiger partial charge in [-0.15, -0.1) is 0 Å². The number of fused-ring (bicyclic) bond motifs is 1. The molecule has 0 saturated heterocycles. The maximum absolute atomic E-state index is 3.59. The van der Waals surface area contributed by atoms with Gasteiger partial charge in [-0.05, 0) is 48.2 Å². The third kappa shape index (κ3) is 3.33. The summed E-state index contributed by atoms with van der Waals surface area (Å²) in [6, 6.07) is 15.7. The first-order valence-corrected chi connectivity index (χ1v) is 6.89. The summed E-state index contributed by atoms with van der Waals surface area (Å²) in [5.74, 6) is 0.765. The van der Waals surface area contributed by atoms with Gasteiger partial charge in [0.05, 0.1) is 0 Å². The van der Waals surface area contributed by atoms with Crippen molar-refractivity contribution >= 4 is 10.8 Å². The van der Waals surface area contributed by atoms with Crippen LogP contribution in [0.2, 0.25) is 0 Å². The van der Waals surface area contributed by atoms with Gasteiger partial charge in [-0.2, -0.15) is 0 Å². The van der Waals surface area contributed by atoms with Crippen molar-refractivity contribution in [2.24, 2.45) is 5.92 Å². The second kappa shape index (κ2) is 6.01. The molecular formula is C17H23N. The van der Waals surface area contributed by atoms with Gasteiger partial charge in [-0.25, -0.2) is 0 Å². The highest BCUT2D eigenvalue weighted by molar-refractivity contribution is 5.83. The molecule has 2 aromatic carbocycles. The van der Waals surface area contributed by atoms with Gasteiger partial charge < -0.3 is 5.32 Å². The average molecular weight is 241 g/mol. The molecule has 1 atom stereocenters. The summed E-state index contributed by atoms with van der Waals surface area (Å²) in [6.07, 6.45) is 1.23. The van der Waals surface area contributed by atoms with Crippen LogP contribution in [-0.4, -0.2) is 6.54 Å². The molecule has 0 unspecified atom stereocenters. The molecule has 0 radical (unpaired) electrons. The van der Waals surface area contributed by atoms with Crippen molar-refractivity contribution < 1.29 is 0 Å². The lowest BCUT2D eigenvalue weighted by atomic mass is 10.0. The van der Waals surface area contributed by atoms with Gasteiger partial charge in [-0.1, -0.05) is 50.2 Å². The zero-order chi connectivity index (χ0) is 13.0. The molecule has 0 amide bonds. The van der Waals surface area contributed by atoms with Crippen molar-refractivity contribution in [2.45, 2.75) is 33.2 Å². The zero-order valence-corrected chi connectivity index (χ0v) is 11.6. The minimum Gasteiger partial charge on any atom is -0.310 e. The van der Waals surface area contributed by atoms with Crippen LogP contribution in [0.5, 0.6) is 0 Å². The lowest BCUT2D eigenvalue weighted by Gasteiger charge is -2.15. The second-order valence-electron chi connectivity index (χ2n) is 5.46. The normalized spacial score (nSPS) is 13.1. The second-order valence-corrected chi connectivity index (χ2v) is 5.46. The Morgan fingerprint density at radius 3 is 2.39 bits per heavy atom. The maximum Gasteiger partial charge on any atom is 0.0292 e. The molecule has 0 spiro atoms. The van der Waals surface area contributed by atoms with E-state index in [-0.39, 0.29) is 0 Å². The topological polar surface area (TPSA) is 12.0 Å². The molecule has 18 heavy (non-hydrogen) atoms. The van der Waals surface area contributed by atoms with Crippen LogP contribution < -0.4 is 5.32 Å². The molecule has 1 heteroatoms. The van der Waals surface area contributed by atoms with Crippen LogP contribution in [0, 0.1) is 5.92 Å². The van der Waals surface area contributed by atoms with Gasteiger partial charge in [0.15, 0.2) is 0 Å². The summed E-state index contributed by atoms with van der Waals surface area (Å²) in [5.41, 5.74) is 1.37. The Hall–Kier alpha value is -1.34. The first-order chi connectivity index (χ1) is 8.66. The molecule has 1 nitrogen and oxygen atoms in total. The first-order valence-electron chi connectivity index (χ1n) is 6.89. The monoisotopic (exact) mass is 241 g/mol. The van der Waals surface area contributed by atoms with Crippen molar-refractivity contribution in [1.29, 1.82) is 0 Å². The Morgan fingerprint density at radius 1 is 0.944 bits per heavy atom. The predicted molar refractivity (Wildman–Crippen MR) is 79.8 cm³/mol. The Balaban J connectivity index is 2.06. The molecule has 0 bridgehead atoms. The fourth-order valence-electron chi connectivity index (χ4n) is 2.18. The average Bonchev–Trinajstić information content (AvgIpc) is 2.37. The van der Waals surface area contributed by atoms with Crippen molar-refractivity contribution in [2.75, 3.05) is 6.54 Å². The minimum atomic E-state index is 0.424. The van der Waals surface area contributed by atoms with E-state index in [4.69, 9.17) is 0 Å². The van der Waals surface area contributed by atoms with Gasteiger partial charge in [0.25, 0.3) is 0 Å². The van der Waals surface area contributed by atoms with E-state index in [0.717, 1.165) is 12.5 Å². The molecule has 1 N–H and O–H groups in total. The number of hydrogen-bond donors (Lipinski definition) is 1. The van der Waals surface area contributed by atoms with Gasteiger partial charge >= 0.3 is 0 Å². The highest BCUT2D eigenvalue weighted by atomic mass is 14.9. The quantitative estimate of drug-likeness (QED) is 0.810. The van der Waals surface area contributed by atoms with Crippen LogP contribution >= 0.6 is 0 Å². The molecule has 0 aliphatic carbocycles. The Morgan fingerprint density at radius 2 is 1.67 bits per heavy atom. The van der Waals surface area contributed by atoms with E-state index in [0.29, 0.717) is 6.04 Å². The summed E-state index contributed by atoms with van der Waals surface area (Å²) in [6.45, 7) is 7.86. The largest absolute Gasteiger partial charge is 0.310 e. The van der Waals surface area contributed by atoms with Crippen molar-refractivity contribution in [1.82, 2.24) is 5.32 Å². The third-order valence-electron chi connectivity index (χ3n) is 3.45. The summed E-state index contributed by atoms with van der Waals surface area (Å²) < 4.78 is 0. The number of benzene rings is 2. The van der Waals surface area contributed by atoms with E-state index in [1.807, 2.05) is 0 Å². The highest BCUT2D eigenvalue weighted by Crippen LogP contribution is 2.20. The van der Waals surface area contributed by atoms with Gasteiger partial charge in [0.1, 0.15) is 0 Å². The number of rotatable bonds is 5. The fraction of sp³-hybridized carbons (Fsp3) is 0.412. The molecule has 0 aliphatic rings.